The highest BCUT2D eigenvalue weighted by molar-refractivity contribution is 6.34. The van der Waals surface area contributed by atoms with Gasteiger partial charge in [0.25, 0.3) is 5.91 Å². The van der Waals surface area contributed by atoms with Gasteiger partial charge in [-0.2, -0.15) is 13.2 Å². The molecule has 1 amide bonds. The molecule has 1 heterocycles. The number of rotatable bonds is 6. The Morgan fingerprint density at radius 2 is 1.88 bits per heavy atom. The van der Waals surface area contributed by atoms with Crippen LogP contribution in [-0.4, -0.2) is 23.7 Å². The van der Waals surface area contributed by atoms with Gasteiger partial charge >= 0.3 is 6.18 Å². The molecule has 12 heteroatoms. The maximum absolute atomic E-state index is 14.9. The van der Waals surface area contributed by atoms with Crippen LogP contribution in [0.1, 0.15) is 15.9 Å². The first-order chi connectivity index (χ1) is 15.5. The third-order valence-corrected chi connectivity index (χ3v) is 4.65. The van der Waals surface area contributed by atoms with Crippen molar-refractivity contribution in [1.82, 2.24) is 4.98 Å². The molecule has 0 aliphatic heterocycles. The van der Waals surface area contributed by atoms with Gasteiger partial charge in [-0.25, -0.2) is 13.8 Å². The molecule has 6 nitrogen and oxygen atoms in total. The van der Waals surface area contributed by atoms with Crippen LogP contribution in [-0.2, 0) is 0 Å². The Balaban J connectivity index is 2.08. The Morgan fingerprint density at radius 3 is 2.52 bits per heavy atom. The number of ether oxygens (including phenoxy) is 1. The molecule has 0 saturated heterocycles. The van der Waals surface area contributed by atoms with Gasteiger partial charge in [-0.15, -0.1) is 4.91 Å². The Morgan fingerprint density at radius 1 is 1.15 bits per heavy atom. The number of nitrogens with zero attached hydrogens (tertiary/aromatic N) is 2. The van der Waals surface area contributed by atoms with Crippen LogP contribution >= 0.6 is 11.6 Å². The van der Waals surface area contributed by atoms with E-state index in [0.717, 1.165) is 12.1 Å². The highest BCUT2D eigenvalue weighted by atomic mass is 35.5. The fourth-order valence-electron chi connectivity index (χ4n) is 2.76. The van der Waals surface area contributed by atoms with Gasteiger partial charge in [-0.1, -0.05) is 23.7 Å². The first kappa shape index (κ1) is 24.1. The number of hydrogen-bond acceptors (Lipinski definition) is 5. The SMILES string of the molecule is Cc1ccc(-c2cc(OCC(F)(F)F)c(C(=O)Nc3c(F)cccc3Cl)cc2F)nc1N=O. The molecule has 0 spiro atoms. The molecular weight excluding hydrogens is 473 g/mol. The number of carbonyl (C=O) groups is 1. The Bertz CT molecular complexity index is 1210. The van der Waals surface area contributed by atoms with Gasteiger partial charge < -0.3 is 10.1 Å². The summed E-state index contributed by atoms with van der Waals surface area (Å²) in [5.74, 6) is -4.05. The molecule has 0 aliphatic carbocycles. The second-order valence-corrected chi connectivity index (χ2v) is 7.12. The van der Waals surface area contributed by atoms with Crippen molar-refractivity contribution in [3.05, 3.63) is 75.2 Å². The monoisotopic (exact) mass is 485 g/mol. The smallest absolute Gasteiger partial charge is 0.422 e. The van der Waals surface area contributed by atoms with E-state index in [-0.39, 0.29) is 22.1 Å². The average molecular weight is 486 g/mol. The van der Waals surface area contributed by atoms with Gasteiger partial charge in [0.05, 0.1) is 22.0 Å². The number of aromatic nitrogens is 1. The van der Waals surface area contributed by atoms with E-state index in [1.54, 1.807) is 0 Å². The Labute approximate surface area is 188 Å². The molecule has 0 radical (unpaired) electrons. The zero-order valence-electron chi connectivity index (χ0n) is 16.6. The number of anilines is 1. The number of carbonyl (C=O) groups excluding carboxylic acids is 1. The summed E-state index contributed by atoms with van der Waals surface area (Å²) in [6.45, 7) is -0.260. The number of halogens is 6. The van der Waals surface area contributed by atoms with Crippen molar-refractivity contribution in [1.29, 1.82) is 0 Å². The summed E-state index contributed by atoms with van der Waals surface area (Å²) in [5, 5.41) is 4.62. The number of amides is 1. The maximum atomic E-state index is 14.9. The predicted octanol–water partition coefficient (Wildman–Crippen LogP) is 6.58. The summed E-state index contributed by atoms with van der Waals surface area (Å²) in [5.41, 5.74) is -1.19. The average Bonchev–Trinajstić information content (AvgIpc) is 2.75. The van der Waals surface area contributed by atoms with Crippen LogP contribution in [0, 0.1) is 23.5 Å². The highest BCUT2D eigenvalue weighted by Gasteiger charge is 2.30. The lowest BCUT2D eigenvalue weighted by Gasteiger charge is -2.16. The van der Waals surface area contributed by atoms with E-state index in [4.69, 9.17) is 16.3 Å². The van der Waals surface area contributed by atoms with Crippen molar-refractivity contribution < 1.29 is 31.5 Å². The first-order valence-electron chi connectivity index (χ1n) is 9.10. The van der Waals surface area contributed by atoms with Crippen LogP contribution < -0.4 is 10.1 Å². The largest absolute Gasteiger partial charge is 0.483 e. The second-order valence-electron chi connectivity index (χ2n) is 6.71. The number of alkyl halides is 3. The van der Waals surface area contributed by atoms with Crippen LogP contribution in [0.25, 0.3) is 11.3 Å². The van der Waals surface area contributed by atoms with Crippen molar-refractivity contribution >= 4 is 29.0 Å². The third-order valence-electron chi connectivity index (χ3n) is 4.34. The lowest BCUT2D eigenvalue weighted by atomic mass is 10.0. The molecular formula is C21H13ClF5N3O3. The van der Waals surface area contributed by atoms with E-state index in [1.165, 1.54) is 31.2 Å². The molecule has 0 bridgehead atoms. The van der Waals surface area contributed by atoms with E-state index in [1.807, 2.05) is 0 Å². The molecule has 33 heavy (non-hydrogen) atoms. The molecule has 0 aliphatic rings. The first-order valence-corrected chi connectivity index (χ1v) is 9.48. The molecule has 0 unspecified atom stereocenters. The molecule has 3 aromatic rings. The van der Waals surface area contributed by atoms with Crippen molar-refractivity contribution in [2.45, 2.75) is 13.1 Å². The summed E-state index contributed by atoms with van der Waals surface area (Å²) in [7, 11) is 0. The second kappa shape index (κ2) is 9.49. The molecule has 0 fully saturated rings. The van der Waals surface area contributed by atoms with Gasteiger partial charge in [0.15, 0.2) is 12.4 Å². The Hall–Kier alpha value is -3.60. The lowest BCUT2D eigenvalue weighted by Crippen LogP contribution is -2.22. The van der Waals surface area contributed by atoms with E-state index in [9.17, 15) is 31.7 Å². The summed E-state index contributed by atoms with van der Waals surface area (Å²) in [6, 6.07) is 7.70. The highest BCUT2D eigenvalue weighted by Crippen LogP contribution is 2.33. The number of hydrogen-bond donors (Lipinski definition) is 1. The van der Waals surface area contributed by atoms with Crippen LogP contribution in [0.15, 0.2) is 47.6 Å². The number of benzene rings is 2. The van der Waals surface area contributed by atoms with E-state index in [0.29, 0.717) is 11.6 Å². The molecule has 0 atom stereocenters. The van der Waals surface area contributed by atoms with Crippen LogP contribution in [0.4, 0.5) is 33.5 Å². The summed E-state index contributed by atoms with van der Waals surface area (Å²) in [4.78, 5) is 27.4. The van der Waals surface area contributed by atoms with E-state index < -0.39 is 47.3 Å². The molecule has 1 N–H and O–H groups in total. The molecule has 0 saturated carbocycles. The van der Waals surface area contributed by atoms with Crippen LogP contribution in [0.5, 0.6) is 5.75 Å². The number of pyridine rings is 1. The predicted molar refractivity (Wildman–Crippen MR) is 111 cm³/mol. The summed E-state index contributed by atoms with van der Waals surface area (Å²) < 4.78 is 71.8. The maximum Gasteiger partial charge on any atom is 0.422 e. The third kappa shape index (κ3) is 5.61. The van der Waals surface area contributed by atoms with Crippen molar-refractivity contribution in [3.8, 4) is 17.0 Å². The van der Waals surface area contributed by atoms with Gasteiger partial charge in [-0.3, -0.25) is 4.79 Å². The molecule has 2 aromatic carbocycles. The van der Waals surface area contributed by atoms with Crippen molar-refractivity contribution in [2.75, 3.05) is 11.9 Å². The van der Waals surface area contributed by atoms with Gasteiger partial charge in [0.1, 0.15) is 17.4 Å². The number of nitroso groups, excluding NO2 is 1. The number of para-hydroxylation sites is 1. The minimum absolute atomic E-state index is 0.131. The van der Waals surface area contributed by atoms with E-state index >= 15 is 0 Å². The standard InChI is InChI=1S/C21H13ClF5N3O3/c1-10-5-6-16(28-19(10)30-32)11-8-17(33-9-21(25,26)27)12(7-15(11)24)20(31)29-18-13(22)3-2-4-14(18)23/h2-8H,9H2,1H3,(H,29,31). The summed E-state index contributed by atoms with van der Waals surface area (Å²) in [6.07, 6.45) is -4.77. The zero-order valence-corrected chi connectivity index (χ0v) is 17.4. The molecule has 172 valence electrons. The van der Waals surface area contributed by atoms with Crippen molar-refractivity contribution in [3.63, 3.8) is 0 Å². The fraction of sp³-hybridized carbons (Fsp3) is 0.143. The minimum Gasteiger partial charge on any atom is -0.483 e. The van der Waals surface area contributed by atoms with Crippen molar-refractivity contribution in [2.24, 2.45) is 5.18 Å². The van der Waals surface area contributed by atoms with E-state index in [2.05, 4.69) is 15.5 Å². The number of aryl methyl sites for hydroxylation is 1. The quantitative estimate of drug-likeness (QED) is 0.316. The Kier molecular flexibility index (Phi) is 6.92. The minimum atomic E-state index is -4.77. The normalized spacial score (nSPS) is 11.2. The number of nitrogens with one attached hydrogen (secondary N) is 1. The topological polar surface area (TPSA) is 80.7 Å². The van der Waals surface area contributed by atoms with Crippen LogP contribution in [0.3, 0.4) is 0 Å². The summed E-state index contributed by atoms with van der Waals surface area (Å²) >= 11 is 5.85. The van der Waals surface area contributed by atoms with Gasteiger partial charge in [-0.05, 0) is 48.0 Å². The zero-order chi connectivity index (χ0) is 24.3. The fourth-order valence-corrected chi connectivity index (χ4v) is 2.97. The molecule has 1 aromatic heterocycles. The van der Waals surface area contributed by atoms with Gasteiger partial charge in [0.2, 0.25) is 0 Å². The molecule has 3 rings (SSSR count). The van der Waals surface area contributed by atoms with Gasteiger partial charge in [0, 0.05) is 5.56 Å². The van der Waals surface area contributed by atoms with Crippen LogP contribution in [0.2, 0.25) is 5.02 Å². The lowest BCUT2D eigenvalue weighted by molar-refractivity contribution is -0.153.